The molecular weight excluding hydrogens is 372 g/mol. The lowest BCUT2D eigenvalue weighted by Crippen LogP contribution is -2.41. The van der Waals surface area contributed by atoms with Crippen LogP contribution in [0.25, 0.3) is 6.08 Å². The SMILES string of the molecule is COc1cc(/C=C/C(=O)OCC(=O)N(C)C2CCC(C)CC2)ccc1OCC#N. The van der Waals surface area contributed by atoms with E-state index < -0.39 is 5.97 Å². The van der Waals surface area contributed by atoms with Gasteiger partial charge in [0.15, 0.2) is 24.7 Å². The number of nitrogens with zero attached hydrogens (tertiary/aromatic N) is 2. The van der Waals surface area contributed by atoms with Crippen molar-refractivity contribution in [2.45, 2.75) is 38.6 Å². The molecule has 0 saturated heterocycles. The summed E-state index contributed by atoms with van der Waals surface area (Å²) in [6.07, 6.45) is 7.05. The zero-order valence-corrected chi connectivity index (χ0v) is 17.2. The van der Waals surface area contributed by atoms with Crippen LogP contribution in [0.2, 0.25) is 0 Å². The van der Waals surface area contributed by atoms with Gasteiger partial charge in [0.25, 0.3) is 5.91 Å². The molecule has 7 heteroatoms. The monoisotopic (exact) mass is 400 g/mol. The Kier molecular flexibility index (Phi) is 8.53. The molecule has 0 radical (unpaired) electrons. The molecule has 156 valence electrons. The fourth-order valence-electron chi connectivity index (χ4n) is 3.30. The maximum atomic E-state index is 12.3. The predicted molar refractivity (Wildman–Crippen MR) is 108 cm³/mol. The van der Waals surface area contributed by atoms with E-state index in [1.54, 1.807) is 36.2 Å². The Morgan fingerprint density at radius 2 is 1.97 bits per heavy atom. The Morgan fingerprint density at radius 1 is 1.24 bits per heavy atom. The maximum absolute atomic E-state index is 12.3. The van der Waals surface area contributed by atoms with E-state index in [2.05, 4.69) is 6.92 Å². The van der Waals surface area contributed by atoms with Gasteiger partial charge in [0.2, 0.25) is 0 Å². The number of methoxy groups -OCH3 is 1. The number of hydrogen-bond donors (Lipinski definition) is 0. The highest BCUT2D eigenvalue weighted by Crippen LogP contribution is 2.28. The molecule has 1 aliphatic carbocycles. The van der Waals surface area contributed by atoms with Crippen LogP contribution in [0.15, 0.2) is 24.3 Å². The summed E-state index contributed by atoms with van der Waals surface area (Å²) in [5.41, 5.74) is 0.697. The fourth-order valence-corrected chi connectivity index (χ4v) is 3.30. The quantitative estimate of drug-likeness (QED) is 0.492. The molecule has 1 amide bonds. The van der Waals surface area contributed by atoms with E-state index in [1.165, 1.54) is 13.2 Å². The number of rotatable bonds is 8. The first-order valence-electron chi connectivity index (χ1n) is 9.73. The highest BCUT2D eigenvalue weighted by molar-refractivity contribution is 5.89. The Morgan fingerprint density at radius 3 is 2.62 bits per heavy atom. The largest absolute Gasteiger partial charge is 0.493 e. The molecule has 0 spiro atoms. The molecule has 0 bridgehead atoms. The van der Waals surface area contributed by atoms with Crippen LogP contribution >= 0.6 is 0 Å². The van der Waals surface area contributed by atoms with Gasteiger partial charge in [-0.2, -0.15) is 5.26 Å². The van der Waals surface area contributed by atoms with E-state index in [4.69, 9.17) is 19.5 Å². The number of hydrogen-bond acceptors (Lipinski definition) is 6. The van der Waals surface area contributed by atoms with E-state index in [9.17, 15) is 9.59 Å². The first kappa shape index (κ1) is 22.3. The molecule has 1 aromatic rings. The number of benzene rings is 1. The lowest BCUT2D eigenvalue weighted by Gasteiger charge is -2.33. The number of amides is 1. The summed E-state index contributed by atoms with van der Waals surface area (Å²) in [6.45, 7) is 1.88. The molecule has 1 saturated carbocycles. The Balaban J connectivity index is 1.84. The van der Waals surface area contributed by atoms with Gasteiger partial charge in [0, 0.05) is 19.2 Å². The number of nitriles is 1. The number of likely N-dealkylation sites (N-methyl/N-ethyl adjacent to an activating group) is 1. The summed E-state index contributed by atoms with van der Waals surface area (Å²) in [5, 5.41) is 8.59. The topological polar surface area (TPSA) is 88.9 Å². The predicted octanol–water partition coefficient (Wildman–Crippen LogP) is 3.19. The van der Waals surface area contributed by atoms with Gasteiger partial charge in [-0.25, -0.2) is 4.79 Å². The van der Waals surface area contributed by atoms with Crippen molar-refractivity contribution >= 4 is 18.0 Å². The normalized spacial score (nSPS) is 18.7. The molecule has 1 aromatic carbocycles. The molecule has 7 nitrogen and oxygen atoms in total. The van der Waals surface area contributed by atoms with Gasteiger partial charge in [-0.1, -0.05) is 13.0 Å². The van der Waals surface area contributed by atoms with E-state index in [0.717, 1.165) is 25.7 Å². The smallest absolute Gasteiger partial charge is 0.331 e. The molecular formula is C22H28N2O5. The van der Waals surface area contributed by atoms with Crippen LogP contribution in [-0.2, 0) is 14.3 Å². The van der Waals surface area contributed by atoms with Crippen molar-refractivity contribution in [2.24, 2.45) is 5.92 Å². The molecule has 29 heavy (non-hydrogen) atoms. The molecule has 0 atom stereocenters. The molecule has 0 N–H and O–H groups in total. The van der Waals surface area contributed by atoms with Crippen LogP contribution in [0.3, 0.4) is 0 Å². The van der Waals surface area contributed by atoms with E-state index in [-0.39, 0.29) is 25.2 Å². The minimum absolute atomic E-state index is 0.0831. The second-order valence-electron chi connectivity index (χ2n) is 7.22. The molecule has 0 aromatic heterocycles. The minimum atomic E-state index is -0.590. The van der Waals surface area contributed by atoms with E-state index >= 15 is 0 Å². The first-order valence-corrected chi connectivity index (χ1v) is 9.73. The summed E-state index contributed by atoms with van der Waals surface area (Å²) >= 11 is 0. The van der Waals surface area contributed by atoms with E-state index in [0.29, 0.717) is 23.0 Å². The molecule has 0 heterocycles. The van der Waals surface area contributed by atoms with Crippen LogP contribution in [0.1, 0.15) is 38.2 Å². The van der Waals surface area contributed by atoms with Gasteiger partial charge in [0.05, 0.1) is 7.11 Å². The second-order valence-corrected chi connectivity index (χ2v) is 7.22. The van der Waals surface area contributed by atoms with Crippen molar-refractivity contribution in [3.8, 4) is 17.6 Å². The summed E-state index contributed by atoms with van der Waals surface area (Å²) in [5.74, 6) is 0.831. The minimum Gasteiger partial charge on any atom is -0.493 e. The summed E-state index contributed by atoms with van der Waals surface area (Å²) in [4.78, 5) is 25.9. The number of esters is 1. The van der Waals surface area contributed by atoms with Crippen LogP contribution in [0.4, 0.5) is 0 Å². The number of carbonyl (C=O) groups is 2. The zero-order valence-electron chi connectivity index (χ0n) is 17.2. The number of ether oxygens (including phenoxy) is 3. The van der Waals surface area contributed by atoms with Crippen molar-refractivity contribution < 1.29 is 23.8 Å². The average Bonchev–Trinajstić information content (AvgIpc) is 2.74. The highest BCUT2D eigenvalue weighted by atomic mass is 16.5. The number of carbonyl (C=O) groups excluding carboxylic acids is 2. The second kappa shape index (κ2) is 11.1. The third-order valence-electron chi connectivity index (χ3n) is 5.16. The standard InChI is InChI=1S/C22H28N2O5/c1-16-4-8-18(9-5-16)24(2)21(25)15-29-22(26)11-7-17-6-10-19(28-13-12-23)20(14-17)27-3/h6-7,10-11,14,16,18H,4-5,8-9,13,15H2,1-3H3/b11-7+. The summed E-state index contributed by atoms with van der Waals surface area (Å²) in [6, 6.07) is 7.18. The van der Waals surface area contributed by atoms with Crippen LogP contribution < -0.4 is 9.47 Å². The van der Waals surface area contributed by atoms with Gasteiger partial charge >= 0.3 is 5.97 Å². The van der Waals surface area contributed by atoms with Crippen LogP contribution in [0.5, 0.6) is 11.5 Å². The Bertz CT molecular complexity index is 776. The molecule has 0 aliphatic heterocycles. The molecule has 1 fully saturated rings. The lowest BCUT2D eigenvalue weighted by atomic mass is 9.87. The fraction of sp³-hybridized carbons (Fsp3) is 0.500. The molecule has 0 unspecified atom stereocenters. The van der Waals surface area contributed by atoms with Crippen LogP contribution in [-0.4, -0.2) is 50.2 Å². The Hall–Kier alpha value is -3.01. The highest BCUT2D eigenvalue weighted by Gasteiger charge is 2.25. The maximum Gasteiger partial charge on any atom is 0.331 e. The Labute approximate surface area is 171 Å². The van der Waals surface area contributed by atoms with Crippen molar-refractivity contribution in [1.29, 1.82) is 5.26 Å². The van der Waals surface area contributed by atoms with Gasteiger partial charge < -0.3 is 19.1 Å². The third-order valence-corrected chi connectivity index (χ3v) is 5.16. The van der Waals surface area contributed by atoms with E-state index in [1.807, 2.05) is 6.07 Å². The van der Waals surface area contributed by atoms with Gasteiger partial charge in [-0.3, -0.25) is 4.79 Å². The van der Waals surface area contributed by atoms with Crippen LogP contribution in [0, 0.1) is 17.2 Å². The van der Waals surface area contributed by atoms with Crippen molar-refractivity contribution in [1.82, 2.24) is 4.90 Å². The summed E-state index contributed by atoms with van der Waals surface area (Å²) in [7, 11) is 3.26. The lowest BCUT2D eigenvalue weighted by molar-refractivity contribution is -0.148. The van der Waals surface area contributed by atoms with Crippen molar-refractivity contribution in [3.63, 3.8) is 0 Å². The van der Waals surface area contributed by atoms with Gasteiger partial charge in [0.1, 0.15) is 6.07 Å². The first-order chi connectivity index (χ1) is 13.9. The molecule has 1 aliphatic rings. The molecule has 2 rings (SSSR count). The zero-order chi connectivity index (χ0) is 21.2. The van der Waals surface area contributed by atoms with Crippen molar-refractivity contribution in [3.05, 3.63) is 29.8 Å². The third kappa shape index (κ3) is 6.83. The average molecular weight is 400 g/mol. The summed E-state index contributed by atoms with van der Waals surface area (Å²) < 4.78 is 15.6. The van der Waals surface area contributed by atoms with Gasteiger partial charge in [-0.15, -0.1) is 0 Å². The van der Waals surface area contributed by atoms with Gasteiger partial charge in [-0.05, 0) is 55.4 Å². The van der Waals surface area contributed by atoms with Crippen molar-refractivity contribution in [2.75, 3.05) is 27.4 Å².